The number of benzene rings is 6. The Hall–Kier alpha value is -9.11. The van der Waals surface area contributed by atoms with Crippen LogP contribution < -0.4 is 42.6 Å². The smallest absolute Gasteiger partial charge is 0.128 e. The zero-order valence-corrected chi connectivity index (χ0v) is 58.7. The van der Waals surface area contributed by atoms with Crippen molar-refractivity contribution in [3.8, 4) is 51.7 Å². The van der Waals surface area contributed by atoms with E-state index in [1.807, 2.05) is 269 Å². The van der Waals surface area contributed by atoms with E-state index in [-0.39, 0.29) is 0 Å². The number of hydrogen-bond donors (Lipinski definition) is 0. The van der Waals surface area contributed by atoms with Gasteiger partial charge in [0.05, 0.1) is 31.4 Å². The van der Waals surface area contributed by atoms with E-state index >= 15 is 0 Å². The van der Waals surface area contributed by atoms with Crippen LogP contribution in [0.1, 0.15) is 132 Å². The number of unbranched alkanes of at least 4 members (excludes halogenated alkanes) is 1. The summed E-state index contributed by atoms with van der Waals surface area (Å²) in [5, 5.41) is 11.5. The van der Waals surface area contributed by atoms with Crippen LogP contribution in [0.15, 0.2) is 173 Å². The standard InChI is InChI=1S/C25H31NO4.C24H31NO4.C22H27NO4.3C2H6/c1-6-7-13-29-24-16-19(2)25(20(3)17-24)30-15-9-8-14-28-23-12-10-11-22(18-23)21(4)26-27-5;1-5-6-13-27-22-16-19(2)24(20(3)17-22)29-15-10-9-14-28-23-12-8-7-11-21(23)18-25-26-4;1-5-6-11-25-20-14-17(2)22(18(3)15-20)27-13-12-26-21-10-8-7-9-19(21)16-23-24-4;3*1-2/h6-12,16-18H,13-15H2,1-5H3;5-8,11-12,16-18H,9-10,13-15H2,1-4H3;5-10,14-16H,11-13H2,1-4H3;3*1-2H3/b7-6+,9-8+,26-21-;6-5+,25-18?;6-5+,23-16?;;;. The SMILES string of the molecule is C/C=C/COc1cc(C)c(OC/C=C/COc2cccc(/C(C)=N\OC)c2)c(C)c1.C/C=C/COc1cc(C)c(OCCCCOc2ccccc2C=NOC)c(C)c1.C/C=C/COc1cc(C)c(OCCOc2ccccc2C=NOC)c(C)c1.CC.CC.CC. The van der Waals surface area contributed by atoms with Crippen LogP contribution in [0.4, 0.5) is 0 Å². The van der Waals surface area contributed by atoms with Crippen LogP contribution in [0.25, 0.3) is 0 Å². The average Bonchev–Trinajstić information content (AvgIpc) is 1.91. The third-order valence-electron chi connectivity index (χ3n) is 12.4. The maximum Gasteiger partial charge on any atom is 0.128 e. The van der Waals surface area contributed by atoms with Gasteiger partial charge in [-0.25, -0.2) is 0 Å². The molecule has 0 heterocycles. The van der Waals surface area contributed by atoms with E-state index < -0.39 is 0 Å². The average molecular weight is 1270 g/mol. The van der Waals surface area contributed by atoms with Crippen LogP contribution in [0.5, 0.6) is 51.7 Å². The molecule has 0 saturated heterocycles. The van der Waals surface area contributed by atoms with Gasteiger partial charge in [0.2, 0.25) is 0 Å². The summed E-state index contributed by atoms with van der Waals surface area (Å²) in [6.45, 7) is 36.8. The molecule has 0 amide bonds. The molecule has 0 aliphatic rings. The number of nitrogens with zero attached hydrogens (tertiary/aromatic N) is 3. The molecule has 6 rings (SSSR count). The highest BCUT2D eigenvalue weighted by atomic mass is 16.6. The number of rotatable bonds is 33. The van der Waals surface area contributed by atoms with E-state index in [1.165, 1.54) is 21.3 Å². The summed E-state index contributed by atoms with van der Waals surface area (Å²) in [6, 6.07) is 35.2. The molecule has 0 bridgehead atoms. The molecule has 0 saturated carbocycles. The van der Waals surface area contributed by atoms with Gasteiger partial charge in [0, 0.05) is 16.7 Å². The molecule has 0 radical (unpaired) electrons. The van der Waals surface area contributed by atoms with Crippen molar-refractivity contribution < 1.29 is 57.1 Å². The van der Waals surface area contributed by atoms with Gasteiger partial charge < -0.3 is 57.1 Å². The van der Waals surface area contributed by atoms with E-state index in [0.717, 1.165) is 120 Å². The van der Waals surface area contributed by atoms with Gasteiger partial charge in [-0.3, -0.25) is 0 Å². The van der Waals surface area contributed by atoms with Gasteiger partial charge in [-0.2, -0.15) is 0 Å². The summed E-state index contributed by atoms with van der Waals surface area (Å²) in [5.41, 5.74) is 9.88. The van der Waals surface area contributed by atoms with E-state index in [9.17, 15) is 0 Å². The lowest BCUT2D eigenvalue weighted by atomic mass is 10.1. The number of aryl methyl sites for hydroxylation is 6. The van der Waals surface area contributed by atoms with E-state index in [2.05, 4.69) is 15.5 Å². The highest BCUT2D eigenvalue weighted by Gasteiger charge is 2.11. The van der Waals surface area contributed by atoms with Gasteiger partial charge >= 0.3 is 0 Å². The number of para-hydroxylation sites is 2. The van der Waals surface area contributed by atoms with Crippen LogP contribution in [-0.4, -0.2) is 98.9 Å². The molecule has 0 unspecified atom stereocenters. The predicted molar refractivity (Wildman–Crippen MR) is 382 cm³/mol. The summed E-state index contributed by atoms with van der Waals surface area (Å²) in [7, 11) is 4.57. The lowest BCUT2D eigenvalue weighted by Crippen LogP contribution is -2.11. The first-order chi connectivity index (χ1) is 44.8. The molecule has 92 heavy (non-hydrogen) atoms. The first kappa shape index (κ1) is 80.9. The topological polar surface area (TPSA) is 148 Å². The van der Waals surface area contributed by atoms with E-state index in [0.29, 0.717) is 59.5 Å². The number of oxime groups is 3. The fraction of sp³-hybridized carbons (Fsp3) is 0.390. The quantitative estimate of drug-likeness (QED) is 0.0167. The molecule has 502 valence electrons. The second-order valence-electron chi connectivity index (χ2n) is 19.3. The summed E-state index contributed by atoms with van der Waals surface area (Å²) in [4.78, 5) is 14.3. The van der Waals surface area contributed by atoms with Crippen LogP contribution >= 0.6 is 0 Å². The second kappa shape index (κ2) is 51.6. The summed E-state index contributed by atoms with van der Waals surface area (Å²) in [5.74, 6) is 7.58. The lowest BCUT2D eigenvalue weighted by molar-refractivity contribution is 0.212. The fourth-order valence-electron chi connectivity index (χ4n) is 8.31. The Kier molecular flexibility index (Phi) is 45.4. The molecule has 0 N–H and O–H groups in total. The molecule has 6 aromatic carbocycles. The molecule has 0 spiro atoms. The van der Waals surface area contributed by atoms with Gasteiger partial charge in [0.15, 0.2) is 0 Å². The maximum absolute atomic E-state index is 6.01. The second-order valence-corrected chi connectivity index (χ2v) is 19.3. The van der Waals surface area contributed by atoms with Crippen LogP contribution in [0, 0.1) is 41.5 Å². The van der Waals surface area contributed by atoms with Crippen molar-refractivity contribution in [3.05, 3.63) is 208 Å². The molecule has 0 fully saturated rings. The van der Waals surface area contributed by atoms with Crippen molar-refractivity contribution in [2.75, 3.05) is 80.8 Å². The normalized spacial score (nSPS) is 10.8. The molecular weight excluding hydrogens is 1160 g/mol. The van der Waals surface area contributed by atoms with Crippen LogP contribution in [0.3, 0.4) is 0 Å². The minimum atomic E-state index is 0.427. The Morgan fingerprint density at radius 2 is 0.707 bits per heavy atom. The number of ether oxygens (including phenoxy) is 9. The molecule has 15 heteroatoms. The Balaban J connectivity index is 0.000000663. The zero-order chi connectivity index (χ0) is 68.2. The highest BCUT2D eigenvalue weighted by Crippen LogP contribution is 2.31. The van der Waals surface area contributed by atoms with Crippen molar-refractivity contribution >= 4 is 18.1 Å². The first-order valence-electron chi connectivity index (χ1n) is 31.8. The van der Waals surface area contributed by atoms with Gasteiger partial charge in [-0.1, -0.05) is 130 Å². The first-order valence-corrected chi connectivity index (χ1v) is 31.8. The third-order valence-corrected chi connectivity index (χ3v) is 12.4. The largest absolute Gasteiger partial charge is 0.493 e. The minimum absolute atomic E-state index is 0.427. The van der Waals surface area contributed by atoms with Gasteiger partial charge in [-0.05, 0) is 200 Å². The van der Waals surface area contributed by atoms with Gasteiger partial charge in [0.1, 0.15) is 119 Å². The zero-order valence-electron chi connectivity index (χ0n) is 58.7. The minimum Gasteiger partial charge on any atom is -0.493 e. The van der Waals surface area contributed by atoms with Crippen molar-refractivity contribution in [2.45, 2.75) is 124 Å². The Morgan fingerprint density at radius 3 is 1.12 bits per heavy atom. The molecule has 0 aliphatic carbocycles. The fourth-order valence-corrected chi connectivity index (χ4v) is 8.31. The van der Waals surface area contributed by atoms with E-state index in [1.54, 1.807) is 12.4 Å². The molecule has 15 nitrogen and oxygen atoms in total. The highest BCUT2D eigenvalue weighted by molar-refractivity contribution is 5.98. The maximum atomic E-state index is 6.01. The van der Waals surface area contributed by atoms with Gasteiger partial charge in [0.25, 0.3) is 0 Å². The number of allylic oxidation sites excluding steroid dienone is 3. The number of hydrogen-bond acceptors (Lipinski definition) is 15. The van der Waals surface area contributed by atoms with Crippen molar-refractivity contribution in [1.29, 1.82) is 0 Å². The predicted octanol–water partition coefficient (Wildman–Crippen LogP) is 18.9. The van der Waals surface area contributed by atoms with Crippen molar-refractivity contribution in [2.24, 2.45) is 15.5 Å². The van der Waals surface area contributed by atoms with Crippen LogP contribution in [-0.2, 0) is 14.5 Å². The molecule has 0 aromatic heterocycles. The van der Waals surface area contributed by atoms with Gasteiger partial charge in [-0.15, -0.1) is 0 Å². The summed E-state index contributed by atoms with van der Waals surface area (Å²) in [6.07, 6.45) is 20.8. The summed E-state index contributed by atoms with van der Waals surface area (Å²) >= 11 is 0. The molecular formula is C77H107N3O12. The molecule has 0 atom stereocenters. The Labute approximate surface area is 552 Å². The van der Waals surface area contributed by atoms with Crippen molar-refractivity contribution in [3.63, 3.8) is 0 Å². The van der Waals surface area contributed by atoms with E-state index in [4.69, 9.17) is 57.1 Å². The summed E-state index contributed by atoms with van der Waals surface area (Å²) < 4.78 is 52.5. The Bertz CT molecular complexity index is 3090. The van der Waals surface area contributed by atoms with Crippen LogP contribution in [0.2, 0.25) is 0 Å². The molecule has 0 aliphatic heterocycles. The van der Waals surface area contributed by atoms with Crippen molar-refractivity contribution in [1.82, 2.24) is 0 Å². The lowest BCUT2D eigenvalue weighted by Gasteiger charge is -2.15. The Morgan fingerprint density at radius 1 is 0.359 bits per heavy atom. The molecule has 6 aromatic rings. The third kappa shape index (κ3) is 32.6. The monoisotopic (exact) mass is 1270 g/mol.